The highest BCUT2D eigenvalue weighted by Crippen LogP contribution is 2.36. The van der Waals surface area contributed by atoms with E-state index in [-0.39, 0.29) is 46.8 Å². The molecule has 0 saturated carbocycles. The number of halogens is 4. The van der Waals surface area contributed by atoms with E-state index in [4.69, 9.17) is 9.47 Å². The van der Waals surface area contributed by atoms with Gasteiger partial charge in [0.25, 0.3) is 11.5 Å². The Kier molecular flexibility index (Phi) is 6.50. The molecule has 3 atom stereocenters. The van der Waals surface area contributed by atoms with Crippen LogP contribution in [0.15, 0.2) is 35.1 Å². The van der Waals surface area contributed by atoms with E-state index in [1.54, 1.807) is 0 Å². The summed E-state index contributed by atoms with van der Waals surface area (Å²) in [5.41, 5.74) is -2.20. The third-order valence-electron chi connectivity index (χ3n) is 5.75. The van der Waals surface area contributed by atoms with E-state index in [0.29, 0.717) is 0 Å². The van der Waals surface area contributed by atoms with E-state index >= 15 is 0 Å². The van der Waals surface area contributed by atoms with Gasteiger partial charge in [0, 0.05) is 18.2 Å². The first-order valence-corrected chi connectivity index (χ1v) is 10.7. The Hall–Kier alpha value is -3.54. The van der Waals surface area contributed by atoms with Crippen molar-refractivity contribution in [3.05, 3.63) is 63.3 Å². The highest BCUT2D eigenvalue weighted by molar-refractivity contribution is 5.94. The van der Waals surface area contributed by atoms with Gasteiger partial charge in [0.05, 0.1) is 18.5 Å². The van der Waals surface area contributed by atoms with Gasteiger partial charge < -0.3 is 19.4 Å². The SMILES string of the molecule is CO[C@H]1CN(C(=O)c2ccc(O[C@@H](C)c3cc4c(=O)[nH]c(C)nc4nc3C(F)(F)F)cc2)C[C@H]1F. The number of nitrogens with one attached hydrogen (secondary N) is 1. The fourth-order valence-electron chi connectivity index (χ4n) is 3.98. The molecule has 1 N–H and O–H groups in total. The first-order chi connectivity index (χ1) is 16.5. The molecule has 2 aromatic heterocycles. The molecule has 1 fully saturated rings. The standard InChI is InChI=1S/C23H22F4N4O4/c1-11(15-8-16-20(28-12(2)29-21(16)32)30-19(15)23(25,26)27)35-14-6-4-13(5-7-14)22(33)31-9-17(24)18(10-31)34-3/h4-8,11,17-18H,9-10H2,1-3H3,(H,28,29,30,32)/t11-,17+,18-/m0/s1. The lowest BCUT2D eigenvalue weighted by Crippen LogP contribution is -2.29. The van der Waals surface area contributed by atoms with Crippen molar-refractivity contribution in [3.8, 4) is 5.75 Å². The smallest absolute Gasteiger partial charge is 0.433 e. The van der Waals surface area contributed by atoms with Gasteiger partial charge in [-0.15, -0.1) is 0 Å². The zero-order chi connectivity index (χ0) is 25.5. The third kappa shape index (κ3) is 4.97. The number of hydrogen-bond acceptors (Lipinski definition) is 6. The zero-order valence-electron chi connectivity index (χ0n) is 19.0. The van der Waals surface area contributed by atoms with Crippen LogP contribution in [0.5, 0.6) is 5.75 Å². The number of hydrogen-bond donors (Lipinski definition) is 1. The number of methoxy groups -OCH3 is 1. The number of nitrogens with zero attached hydrogens (tertiary/aromatic N) is 3. The van der Waals surface area contributed by atoms with E-state index in [1.165, 1.54) is 50.1 Å². The molecule has 12 heteroatoms. The minimum Gasteiger partial charge on any atom is -0.486 e. The number of pyridine rings is 1. The summed E-state index contributed by atoms with van der Waals surface area (Å²) >= 11 is 0. The Balaban J connectivity index is 1.58. The van der Waals surface area contributed by atoms with E-state index < -0.39 is 41.7 Å². The van der Waals surface area contributed by atoms with Crippen LogP contribution in [0, 0.1) is 6.92 Å². The van der Waals surface area contributed by atoms with Crippen LogP contribution >= 0.6 is 0 Å². The van der Waals surface area contributed by atoms with Crippen molar-refractivity contribution < 1.29 is 31.8 Å². The number of H-pyrrole nitrogens is 1. The van der Waals surface area contributed by atoms with Gasteiger partial charge in [-0.05, 0) is 44.2 Å². The molecule has 0 bridgehead atoms. The summed E-state index contributed by atoms with van der Waals surface area (Å²) in [5, 5.41) is -0.0962. The molecule has 3 aromatic rings. The molecule has 1 aliphatic rings. The van der Waals surface area contributed by atoms with E-state index in [1.807, 2.05) is 0 Å². The van der Waals surface area contributed by atoms with Crippen molar-refractivity contribution in [1.29, 1.82) is 0 Å². The average Bonchev–Trinajstić information content (AvgIpc) is 3.18. The van der Waals surface area contributed by atoms with Crippen LogP contribution in [0.1, 0.15) is 40.5 Å². The number of aromatic nitrogens is 3. The lowest BCUT2D eigenvalue weighted by Gasteiger charge is -2.20. The quantitative estimate of drug-likeness (QED) is 0.545. The summed E-state index contributed by atoms with van der Waals surface area (Å²) in [5.74, 6) is -0.0619. The Bertz CT molecular complexity index is 1310. The van der Waals surface area contributed by atoms with E-state index in [9.17, 15) is 27.2 Å². The number of alkyl halides is 4. The van der Waals surface area contributed by atoms with Gasteiger partial charge in [-0.25, -0.2) is 14.4 Å². The van der Waals surface area contributed by atoms with Gasteiger partial charge >= 0.3 is 6.18 Å². The Morgan fingerprint density at radius 2 is 1.89 bits per heavy atom. The molecular weight excluding hydrogens is 472 g/mol. The lowest BCUT2D eigenvalue weighted by atomic mass is 10.1. The largest absolute Gasteiger partial charge is 0.486 e. The molecule has 0 unspecified atom stereocenters. The van der Waals surface area contributed by atoms with Crippen LogP contribution in [0.4, 0.5) is 17.6 Å². The van der Waals surface area contributed by atoms with E-state index in [2.05, 4.69) is 15.0 Å². The summed E-state index contributed by atoms with van der Waals surface area (Å²) < 4.78 is 65.8. The first kappa shape index (κ1) is 24.6. The topological polar surface area (TPSA) is 97.4 Å². The molecule has 0 spiro atoms. The second-order valence-corrected chi connectivity index (χ2v) is 8.23. The minimum atomic E-state index is -4.81. The fraction of sp³-hybridized carbons (Fsp3) is 0.391. The maximum atomic E-state index is 13.9. The van der Waals surface area contributed by atoms with E-state index in [0.717, 1.165) is 6.07 Å². The van der Waals surface area contributed by atoms with Crippen molar-refractivity contribution in [2.45, 2.75) is 38.4 Å². The van der Waals surface area contributed by atoms with Gasteiger partial charge in [0.2, 0.25) is 0 Å². The highest BCUT2D eigenvalue weighted by atomic mass is 19.4. The maximum absolute atomic E-state index is 13.9. The van der Waals surface area contributed by atoms with Crippen LogP contribution in [0.2, 0.25) is 0 Å². The highest BCUT2D eigenvalue weighted by Gasteiger charge is 2.38. The molecule has 1 amide bonds. The number of ether oxygens (including phenoxy) is 2. The predicted octanol–water partition coefficient (Wildman–Crippen LogP) is 3.59. The Morgan fingerprint density at radius 3 is 2.49 bits per heavy atom. The molecule has 186 valence electrons. The molecule has 0 aliphatic carbocycles. The van der Waals surface area contributed by atoms with Gasteiger partial charge in [-0.1, -0.05) is 0 Å². The molecule has 35 heavy (non-hydrogen) atoms. The summed E-state index contributed by atoms with van der Waals surface area (Å²) in [6.07, 6.45) is -7.91. The van der Waals surface area contributed by atoms with Gasteiger partial charge in [0.1, 0.15) is 30.0 Å². The molecule has 8 nitrogen and oxygen atoms in total. The number of aryl methyl sites for hydroxylation is 1. The van der Waals surface area contributed by atoms with Gasteiger partial charge in [-0.2, -0.15) is 13.2 Å². The third-order valence-corrected chi connectivity index (χ3v) is 5.75. The summed E-state index contributed by atoms with van der Waals surface area (Å²) in [4.78, 5) is 36.1. The van der Waals surface area contributed by atoms with Crippen molar-refractivity contribution >= 4 is 16.9 Å². The van der Waals surface area contributed by atoms with Crippen LogP contribution in [-0.4, -0.2) is 58.2 Å². The summed E-state index contributed by atoms with van der Waals surface area (Å²) in [7, 11) is 1.38. The summed E-state index contributed by atoms with van der Waals surface area (Å²) in [6, 6.07) is 6.82. The molecule has 3 heterocycles. The van der Waals surface area contributed by atoms with Crippen molar-refractivity contribution in [2.24, 2.45) is 0 Å². The number of rotatable bonds is 5. The average molecular weight is 494 g/mol. The first-order valence-electron chi connectivity index (χ1n) is 10.7. The van der Waals surface area contributed by atoms with Crippen LogP contribution < -0.4 is 10.3 Å². The molecule has 1 saturated heterocycles. The van der Waals surface area contributed by atoms with Crippen molar-refractivity contribution in [1.82, 2.24) is 19.9 Å². The second kappa shape index (κ2) is 9.25. The number of aromatic amines is 1. The van der Waals surface area contributed by atoms with Crippen molar-refractivity contribution in [3.63, 3.8) is 0 Å². The molecule has 1 aromatic carbocycles. The second-order valence-electron chi connectivity index (χ2n) is 8.23. The number of carbonyl (C=O) groups is 1. The molecular formula is C23H22F4N4O4. The number of amides is 1. The molecule has 4 rings (SSSR count). The number of carbonyl (C=O) groups excluding carboxylic acids is 1. The van der Waals surface area contributed by atoms with Crippen LogP contribution in [0.3, 0.4) is 0 Å². The predicted molar refractivity (Wildman–Crippen MR) is 117 cm³/mol. The minimum absolute atomic E-state index is 0.0880. The number of benzene rings is 1. The monoisotopic (exact) mass is 494 g/mol. The van der Waals surface area contributed by atoms with Crippen LogP contribution in [0.25, 0.3) is 11.0 Å². The lowest BCUT2D eigenvalue weighted by molar-refractivity contribution is -0.142. The van der Waals surface area contributed by atoms with Gasteiger partial charge in [-0.3, -0.25) is 9.59 Å². The molecule has 0 radical (unpaired) electrons. The van der Waals surface area contributed by atoms with Gasteiger partial charge in [0.15, 0.2) is 11.3 Å². The van der Waals surface area contributed by atoms with Crippen LogP contribution in [-0.2, 0) is 10.9 Å². The summed E-state index contributed by atoms with van der Waals surface area (Å²) in [6.45, 7) is 2.87. The Morgan fingerprint density at radius 1 is 1.20 bits per heavy atom. The Labute approximate surface area is 196 Å². The molecule has 1 aliphatic heterocycles. The number of fused-ring (bicyclic) bond motifs is 1. The number of likely N-dealkylation sites (tertiary alicyclic amines) is 1. The fourth-order valence-corrected chi connectivity index (χ4v) is 3.98. The maximum Gasteiger partial charge on any atom is 0.433 e. The normalized spacial score (nSPS) is 19.2. The van der Waals surface area contributed by atoms with Crippen molar-refractivity contribution in [2.75, 3.05) is 20.2 Å². The zero-order valence-corrected chi connectivity index (χ0v) is 19.0.